The molecule has 0 saturated carbocycles. The number of hydrogen-bond acceptors (Lipinski definition) is 4. The number of aromatic nitrogens is 3. The van der Waals surface area contributed by atoms with E-state index in [0.29, 0.717) is 0 Å². The summed E-state index contributed by atoms with van der Waals surface area (Å²) >= 11 is 0. The lowest BCUT2D eigenvalue weighted by Crippen LogP contribution is -2.43. The maximum atomic E-state index is 12.7. The van der Waals surface area contributed by atoms with Crippen molar-refractivity contribution in [3.63, 3.8) is 0 Å². The molecule has 1 N–H and O–H groups in total. The van der Waals surface area contributed by atoms with Gasteiger partial charge in [0.15, 0.2) is 0 Å². The quantitative estimate of drug-likeness (QED) is 0.884. The summed E-state index contributed by atoms with van der Waals surface area (Å²) in [6.45, 7) is 5.01. The average Bonchev–Trinajstić information content (AvgIpc) is 3.15. The molecule has 122 valence electrons. The molecule has 1 aromatic heterocycles. The van der Waals surface area contributed by atoms with E-state index in [9.17, 15) is 4.79 Å². The lowest BCUT2D eigenvalue weighted by atomic mass is 10.1. The minimum absolute atomic E-state index is 0.115. The monoisotopic (exact) mass is 313 g/mol. The fourth-order valence-corrected chi connectivity index (χ4v) is 3.14. The second-order valence-corrected chi connectivity index (χ2v) is 6.20. The Hall–Kier alpha value is -2.21. The fraction of sp³-hybridized carbons (Fsp3) is 0.471. The molecule has 0 radical (unpaired) electrons. The minimum atomic E-state index is -0.115. The van der Waals surface area contributed by atoms with Gasteiger partial charge in [0, 0.05) is 24.3 Å². The molecular weight excluding hydrogens is 290 g/mol. The normalized spacial score (nSPS) is 22.5. The van der Waals surface area contributed by atoms with Gasteiger partial charge in [-0.2, -0.15) is 5.10 Å². The number of anilines is 1. The summed E-state index contributed by atoms with van der Waals surface area (Å²) in [5.41, 5.74) is 0.976. The first-order valence-corrected chi connectivity index (χ1v) is 8.11. The summed E-state index contributed by atoms with van der Waals surface area (Å²) in [6, 6.07) is 10.2. The summed E-state index contributed by atoms with van der Waals surface area (Å²) in [6.07, 6.45) is 5.00. The van der Waals surface area contributed by atoms with Gasteiger partial charge in [-0.25, -0.2) is 4.98 Å². The van der Waals surface area contributed by atoms with Gasteiger partial charge in [-0.15, -0.1) is 0 Å². The third kappa shape index (κ3) is 3.59. The van der Waals surface area contributed by atoms with Crippen LogP contribution in [0.5, 0.6) is 0 Å². The van der Waals surface area contributed by atoms with Crippen LogP contribution in [0.3, 0.4) is 0 Å². The Balaban J connectivity index is 1.57. The van der Waals surface area contributed by atoms with Gasteiger partial charge in [-0.1, -0.05) is 18.2 Å². The molecule has 23 heavy (non-hydrogen) atoms. The predicted octanol–water partition coefficient (Wildman–Crippen LogP) is 1.84. The zero-order valence-electron chi connectivity index (χ0n) is 13.6. The largest absolute Gasteiger partial charge is 0.308 e. The number of hydrogen-bond donors (Lipinski definition) is 1. The van der Waals surface area contributed by atoms with Crippen LogP contribution < -0.4 is 10.2 Å². The van der Waals surface area contributed by atoms with Crippen LogP contribution >= 0.6 is 0 Å². The van der Waals surface area contributed by atoms with Crippen LogP contribution in [0.25, 0.3) is 0 Å². The van der Waals surface area contributed by atoms with E-state index in [1.165, 1.54) is 6.33 Å². The second kappa shape index (κ2) is 6.91. The standard InChI is InChI=1S/C17H23N5O/c1-13(8-9-21-12-18-11-19-21)20-16-10-14(2)22(17(16)23)15-6-4-3-5-7-15/h3-7,11-14,16,20H,8-10H2,1-2H3. The van der Waals surface area contributed by atoms with Crippen molar-refractivity contribution >= 4 is 11.6 Å². The predicted molar refractivity (Wildman–Crippen MR) is 89.0 cm³/mol. The Morgan fingerprint density at radius 2 is 2.13 bits per heavy atom. The van der Waals surface area contributed by atoms with Crippen LogP contribution in [0.1, 0.15) is 26.7 Å². The first-order chi connectivity index (χ1) is 11.1. The zero-order chi connectivity index (χ0) is 16.2. The molecule has 1 aliphatic heterocycles. The third-order valence-electron chi connectivity index (χ3n) is 4.33. The topological polar surface area (TPSA) is 63.1 Å². The van der Waals surface area contributed by atoms with Crippen LogP contribution in [0.15, 0.2) is 43.0 Å². The van der Waals surface area contributed by atoms with Gasteiger partial charge in [-0.3, -0.25) is 9.48 Å². The maximum Gasteiger partial charge on any atom is 0.244 e. The van der Waals surface area contributed by atoms with Crippen LogP contribution in [0.4, 0.5) is 5.69 Å². The summed E-state index contributed by atoms with van der Waals surface area (Å²) < 4.78 is 1.81. The van der Waals surface area contributed by atoms with Crippen molar-refractivity contribution in [2.45, 2.75) is 51.4 Å². The van der Waals surface area contributed by atoms with E-state index in [2.05, 4.69) is 29.2 Å². The number of nitrogens with one attached hydrogen (secondary N) is 1. The Labute approximate surface area is 136 Å². The van der Waals surface area contributed by atoms with Gasteiger partial charge in [0.05, 0.1) is 6.04 Å². The molecule has 3 unspecified atom stereocenters. The molecule has 1 aliphatic rings. The number of carbonyl (C=O) groups excluding carboxylic acids is 1. The fourth-order valence-electron chi connectivity index (χ4n) is 3.14. The molecule has 1 aromatic carbocycles. The number of rotatable bonds is 6. The van der Waals surface area contributed by atoms with E-state index in [4.69, 9.17) is 0 Å². The van der Waals surface area contributed by atoms with E-state index in [1.54, 1.807) is 6.33 Å². The smallest absolute Gasteiger partial charge is 0.244 e. The molecule has 1 saturated heterocycles. The Bertz CT molecular complexity index is 628. The molecule has 0 bridgehead atoms. The highest BCUT2D eigenvalue weighted by atomic mass is 16.2. The lowest BCUT2D eigenvalue weighted by molar-refractivity contribution is -0.119. The van der Waals surface area contributed by atoms with Gasteiger partial charge < -0.3 is 10.2 Å². The van der Waals surface area contributed by atoms with Crippen LogP contribution in [-0.2, 0) is 11.3 Å². The maximum absolute atomic E-state index is 12.7. The lowest BCUT2D eigenvalue weighted by Gasteiger charge is -2.22. The Kier molecular flexibility index (Phi) is 4.71. The van der Waals surface area contributed by atoms with E-state index < -0.39 is 0 Å². The molecule has 1 amide bonds. The molecule has 2 aromatic rings. The molecule has 3 atom stereocenters. The van der Waals surface area contributed by atoms with Crippen LogP contribution in [0, 0.1) is 0 Å². The summed E-state index contributed by atoms with van der Waals surface area (Å²) in [5.74, 6) is 0.163. The second-order valence-electron chi connectivity index (χ2n) is 6.20. The highest BCUT2D eigenvalue weighted by molar-refractivity contribution is 6.00. The van der Waals surface area contributed by atoms with E-state index >= 15 is 0 Å². The number of nitrogens with zero attached hydrogens (tertiary/aromatic N) is 4. The summed E-state index contributed by atoms with van der Waals surface area (Å²) in [4.78, 5) is 18.6. The highest BCUT2D eigenvalue weighted by Crippen LogP contribution is 2.26. The number of carbonyl (C=O) groups is 1. The van der Waals surface area contributed by atoms with Crippen LogP contribution in [0.2, 0.25) is 0 Å². The molecule has 6 nitrogen and oxygen atoms in total. The van der Waals surface area contributed by atoms with E-state index in [-0.39, 0.29) is 24.0 Å². The Morgan fingerprint density at radius 3 is 2.83 bits per heavy atom. The molecule has 3 rings (SSSR count). The SMILES string of the molecule is CC(CCn1cncn1)NC1CC(C)N(c2ccccc2)C1=O. The third-order valence-corrected chi connectivity index (χ3v) is 4.33. The van der Waals surface area contributed by atoms with E-state index in [1.807, 2.05) is 39.9 Å². The van der Waals surface area contributed by atoms with Gasteiger partial charge in [0.1, 0.15) is 12.7 Å². The summed E-state index contributed by atoms with van der Waals surface area (Å²) in [5, 5.41) is 7.57. The van der Waals surface area contributed by atoms with Crippen LogP contribution in [-0.4, -0.2) is 38.8 Å². The van der Waals surface area contributed by atoms with Gasteiger partial charge >= 0.3 is 0 Å². The highest BCUT2D eigenvalue weighted by Gasteiger charge is 2.38. The molecule has 1 fully saturated rings. The molecule has 0 aliphatic carbocycles. The minimum Gasteiger partial charge on any atom is -0.308 e. The van der Waals surface area contributed by atoms with Crippen molar-refractivity contribution in [3.8, 4) is 0 Å². The number of para-hydroxylation sites is 1. The first kappa shape index (κ1) is 15.7. The van der Waals surface area contributed by atoms with Crippen molar-refractivity contribution in [3.05, 3.63) is 43.0 Å². The van der Waals surface area contributed by atoms with Crippen molar-refractivity contribution in [1.29, 1.82) is 0 Å². The van der Waals surface area contributed by atoms with E-state index in [0.717, 1.165) is 25.1 Å². The van der Waals surface area contributed by atoms with Crippen molar-refractivity contribution in [2.75, 3.05) is 4.90 Å². The number of benzene rings is 1. The molecule has 6 heteroatoms. The number of amides is 1. The van der Waals surface area contributed by atoms with Gasteiger partial charge in [0.25, 0.3) is 0 Å². The van der Waals surface area contributed by atoms with Crippen molar-refractivity contribution < 1.29 is 4.79 Å². The first-order valence-electron chi connectivity index (χ1n) is 8.11. The number of aryl methyl sites for hydroxylation is 1. The Morgan fingerprint density at radius 1 is 1.35 bits per heavy atom. The molecular formula is C17H23N5O. The van der Waals surface area contributed by atoms with Gasteiger partial charge in [0.2, 0.25) is 5.91 Å². The zero-order valence-corrected chi connectivity index (χ0v) is 13.6. The average molecular weight is 313 g/mol. The van der Waals surface area contributed by atoms with Gasteiger partial charge in [-0.05, 0) is 38.8 Å². The summed E-state index contributed by atoms with van der Waals surface area (Å²) in [7, 11) is 0. The molecule has 0 spiro atoms. The molecule has 2 heterocycles. The van der Waals surface area contributed by atoms with Crippen molar-refractivity contribution in [2.24, 2.45) is 0 Å². The van der Waals surface area contributed by atoms with Crippen molar-refractivity contribution in [1.82, 2.24) is 20.1 Å².